The van der Waals surface area contributed by atoms with Crippen LogP contribution in [0, 0.1) is 29.5 Å². The van der Waals surface area contributed by atoms with E-state index in [0.717, 1.165) is 49.1 Å². The highest BCUT2D eigenvalue weighted by molar-refractivity contribution is 6.58. The van der Waals surface area contributed by atoms with Gasteiger partial charge in [-0.05, 0) is 73.6 Å². The lowest BCUT2D eigenvalue weighted by atomic mass is 9.57. The summed E-state index contributed by atoms with van der Waals surface area (Å²) in [7, 11) is 1.43. The summed E-state index contributed by atoms with van der Waals surface area (Å²) in [6, 6.07) is 9.52. The maximum atomic E-state index is 14.4. The number of imide groups is 2. The Kier molecular flexibility index (Phi) is 7.55. The smallest absolute Gasteiger partial charge is 0.258 e. The van der Waals surface area contributed by atoms with Crippen molar-refractivity contribution in [3.63, 3.8) is 0 Å². The Bertz CT molecular complexity index is 1700. The highest BCUT2D eigenvalue weighted by Gasteiger charge is 2.76. The number of ether oxygens (including phenoxy) is 1. The molecule has 1 N–H and O–H groups in total. The first-order chi connectivity index (χ1) is 22.0. The van der Waals surface area contributed by atoms with Gasteiger partial charge in [0, 0.05) is 12.0 Å². The normalized spacial score (nSPS) is 32.9. The minimum atomic E-state index is -2.00. The molecule has 8 nitrogen and oxygen atoms in total. The molecule has 46 heavy (non-hydrogen) atoms. The van der Waals surface area contributed by atoms with Crippen LogP contribution in [-0.2, 0) is 19.2 Å². The second kappa shape index (κ2) is 11.2. The SMILES string of the molecule is COc1cc(C=C[C@H]2C3=CC[C@@H]4C(=O)N(C5CCCCC5)C(=O)[C@@H]4[C@@H]3C[C@@]3(Cl)C(=O)N(c4ccc(F)cc4)C(=O)[C@@]23Cl)ccc1O. The number of benzene rings is 2. The van der Waals surface area contributed by atoms with Gasteiger partial charge in [0.15, 0.2) is 21.2 Å². The van der Waals surface area contributed by atoms with Gasteiger partial charge >= 0.3 is 0 Å². The molecule has 2 aliphatic heterocycles. The molecule has 11 heteroatoms. The first kappa shape index (κ1) is 30.9. The second-order valence-electron chi connectivity index (χ2n) is 12.9. The fourth-order valence-electron chi connectivity index (χ4n) is 8.38. The van der Waals surface area contributed by atoms with E-state index < -0.39 is 51.1 Å². The standard InChI is InChI=1S/C35H33Cl2FN2O6/c1-46-28-17-19(8-16-27(28)41)7-15-26-23-13-14-24-29(31(43)39(30(24)42)21-5-3-2-4-6-21)25(23)18-34(36)32(44)40(33(45)35(26,34)37)22-11-9-20(38)10-12-22/h7-13,15-17,21,24-26,29,41H,2-6,14,18H2,1H3/t24-,25+,26-,29-,34+,35-/m0/s1. The van der Waals surface area contributed by atoms with Crippen molar-refractivity contribution in [2.45, 2.75) is 60.7 Å². The van der Waals surface area contributed by atoms with Crippen LogP contribution in [0.4, 0.5) is 10.1 Å². The number of hydrogen-bond donors (Lipinski definition) is 1. The number of anilines is 1. The minimum Gasteiger partial charge on any atom is -0.504 e. The number of nitrogens with zero attached hydrogens (tertiary/aromatic N) is 2. The molecule has 2 saturated heterocycles. The van der Waals surface area contributed by atoms with Gasteiger partial charge in [0.25, 0.3) is 11.8 Å². The van der Waals surface area contributed by atoms with Crippen molar-refractivity contribution in [2.24, 2.45) is 23.7 Å². The van der Waals surface area contributed by atoms with Crippen molar-refractivity contribution < 1.29 is 33.4 Å². The predicted molar refractivity (Wildman–Crippen MR) is 170 cm³/mol. The van der Waals surface area contributed by atoms with E-state index in [2.05, 4.69) is 0 Å². The Balaban J connectivity index is 1.34. The molecule has 2 aromatic rings. The largest absolute Gasteiger partial charge is 0.504 e. The molecule has 6 atom stereocenters. The number of halogens is 3. The van der Waals surface area contributed by atoms with Gasteiger partial charge in [0.2, 0.25) is 11.8 Å². The summed E-state index contributed by atoms with van der Waals surface area (Å²) in [6.45, 7) is 0. The number of carbonyl (C=O) groups excluding carboxylic acids is 4. The van der Waals surface area contributed by atoms with Crippen molar-refractivity contribution in [3.05, 3.63) is 71.6 Å². The maximum Gasteiger partial charge on any atom is 0.258 e. The lowest BCUT2D eigenvalue weighted by Gasteiger charge is -2.49. The van der Waals surface area contributed by atoms with E-state index in [0.29, 0.717) is 17.6 Å². The van der Waals surface area contributed by atoms with Crippen molar-refractivity contribution in [1.82, 2.24) is 4.90 Å². The minimum absolute atomic E-state index is 0.0505. The molecule has 4 amide bonds. The molecule has 2 saturated carbocycles. The van der Waals surface area contributed by atoms with E-state index in [4.69, 9.17) is 27.9 Å². The number of amides is 4. The third-order valence-electron chi connectivity index (χ3n) is 10.6. The van der Waals surface area contributed by atoms with Crippen LogP contribution < -0.4 is 9.64 Å². The van der Waals surface area contributed by atoms with Crippen LogP contribution >= 0.6 is 23.2 Å². The van der Waals surface area contributed by atoms with Gasteiger partial charge in [-0.2, -0.15) is 0 Å². The van der Waals surface area contributed by atoms with Gasteiger partial charge in [-0.15, -0.1) is 23.2 Å². The topological polar surface area (TPSA) is 104 Å². The van der Waals surface area contributed by atoms with Crippen LogP contribution in [0.25, 0.3) is 6.08 Å². The third-order valence-corrected chi connectivity index (χ3v) is 12.0. The monoisotopic (exact) mass is 666 g/mol. The first-order valence-electron chi connectivity index (χ1n) is 15.7. The summed E-state index contributed by atoms with van der Waals surface area (Å²) in [5.74, 6) is -5.19. The van der Waals surface area contributed by atoms with Gasteiger partial charge < -0.3 is 9.84 Å². The molecule has 4 fully saturated rings. The number of allylic oxidation sites excluding steroid dienone is 3. The molecule has 0 unspecified atom stereocenters. The van der Waals surface area contributed by atoms with Crippen molar-refractivity contribution in [2.75, 3.05) is 12.0 Å². The van der Waals surface area contributed by atoms with Crippen molar-refractivity contribution in [3.8, 4) is 11.5 Å². The zero-order chi connectivity index (χ0) is 32.5. The number of hydrogen-bond acceptors (Lipinski definition) is 6. The van der Waals surface area contributed by atoms with Crippen LogP contribution in [0.1, 0.15) is 50.5 Å². The predicted octanol–water partition coefficient (Wildman–Crippen LogP) is 5.98. The van der Waals surface area contributed by atoms with Crippen LogP contribution in [0.3, 0.4) is 0 Å². The highest BCUT2D eigenvalue weighted by Crippen LogP contribution is 2.63. The number of alkyl halides is 2. The van der Waals surface area contributed by atoms with E-state index in [-0.39, 0.29) is 41.5 Å². The third kappa shape index (κ3) is 4.38. The van der Waals surface area contributed by atoms with Gasteiger partial charge in [-0.1, -0.05) is 49.1 Å². The molecule has 2 aromatic carbocycles. The summed E-state index contributed by atoms with van der Waals surface area (Å²) < 4.78 is 19.1. The van der Waals surface area contributed by atoms with E-state index >= 15 is 0 Å². The van der Waals surface area contributed by atoms with Gasteiger partial charge in [0.1, 0.15) is 5.82 Å². The number of methoxy groups -OCH3 is 1. The molecule has 3 aliphatic carbocycles. The molecule has 7 rings (SSSR count). The Morgan fingerprint density at radius 1 is 0.957 bits per heavy atom. The van der Waals surface area contributed by atoms with Crippen molar-refractivity contribution >= 4 is 58.6 Å². The molecular formula is C35H33Cl2FN2O6. The van der Waals surface area contributed by atoms with Crippen LogP contribution in [0.2, 0.25) is 0 Å². The summed E-state index contributed by atoms with van der Waals surface area (Å²) in [6.07, 6.45) is 10.00. The van der Waals surface area contributed by atoms with Crippen molar-refractivity contribution in [1.29, 1.82) is 0 Å². The van der Waals surface area contributed by atoms with Crippen LogP contribution in [0.5, 0.6) is 11.5 Å². The number of phenols is 1. The zero-order valence-electron chi connectivity index (χ0n) is 25.1. The molecule has 2 heterocycles. The number of phenolic OH excluding ortho intramolecular Hbond substituents is 1. The summed E-state index contributed by atoms with van der Waals surface area (Å²) in [5.41, 5.74) is 1.43. The molecule has 5 aliphatic rings. The Morgan fingerprint density at radius 2 is 1.67 bits per heavy atom. The lowest BCUT2D eigenvalue weighted by Crippen LogP contribution is -2.60. The lowest BCUT2D eigenvalue weighted by molar-refractivity contribution is -0.143. The average Bonchev–Trinajstić information content (AvgIpc) is 3.40. The molecule has 0 spiro atoms. The summed E-state index contributed by atoms with van der Waals surface area (Å²) in [5, 5.41) is 10.1. The number of carbonyl (C=O) groups is 4. The molecule has 0 radical (unpaired) electrons. The number of likely N-dealkylation sites (tertiary alicyclic amines) is 1. The average molecular weight is 668 g/mol. The van der Waals surface area contributed by atoms with Gasteiger partial charge in [-0.25, -0.2) is 9.29 Å². The maximum absolute atomic E-state index is 14.4. The number of fused-ring (bicyclic) bond motifs is 4. The molecule has 0 bridgehead atoms. The van der Waals surface area contributed by atoms with E-state index in [9.17, 15) is 28.7 Å². The fraction of sp³-hybridized carbons (Fsp3) is 0.429. The number of rotatable bonds is 5. The van der Waals surface area contributed by atoms with Crippen LogP contribution in [0.15, 0.2) is 60.2 Å². The number of aromatic hydroxyl groups is 1. The van der Waals surface area contributed by atoms with Crippen LogP contribution in [-0.4, -0.2) is 56.5 Å². The quantitative estimate of drug-likeness (QED) is 0.239. The fourth-order valence-corrected chi connectivity index (χ4v) is 9.27. The Hall–Kier alpha value is -3.69. The Labute approximate surface area is 275 Å². The van der Waals surface area contributed by atoms with E-state index in [1.54, 1.807) is 24.3 Å². The summed E-state index contributed by atoms with van der Waals surface area (Å²) in [4.78, 5) is 55.0. The zero-order valence-corrected chi connectivity index (χ0v) is 26.6. The molecule has 240 valence electrons. The second-order valence-corrected chi connectivity index (χ2v) is 14.2. The Morgan fingerprint density at radius 3 is 2.37 bits per heavy atom. The van der Waals surface area contributed by atoms with Gasteiger partial charge in [0.05, 0.1) is 24.6 Å². The van der Waals surface area contributed by atoms with Gasteiger partial charge in [-0.3, -0.25) is 24.1 Å². The van der Waals surface area contributed by atoms with E-state index in [1.165, 1.54) is 30.2 Å². The molecular weight excluding hydrogens is 634 g/mol. The molecule has 0 aromatic heterocycles. The highest BCUT2D eigenvalue weighted by atomic mass is 35.5. The van der Waals surface area contributed by atoms with E-state index in [1.807, 2.05) is 6.08 Å². The first-order valence-corrected chi connectivity index (χ1v) is 16.4. The summed E-state index contributed by atoms with van der Waals surface area (Å²) >= 11 is 14.7.